The molecule has 0 aliphatic heterocycles. The second-order valence-electron chi connectivity index (χ2n) is 5.98. The van der Waals surface area contributed by atoms with Crippen LogP contribution in [0.5, 0.6) is 0 Å². The molecule has 2 heterocycles. The average molecular weight is 356 g/mol. The first kappa shape index (κ1) is 17.3. The Labute approximate surface area is 147 Å². The van der Waals surface area contributed by atoms with E-state index >= 15 is 0 Å². The molecule has 1 N–H and O–H groups in total. The van der Waals surface area contributed by atoms with Gasteiger partial charge in [0.05, 0.1) is 16.6 Å². The summed E-state index contributed by atoms with van der Waals surface area (Å²) in [4.78, 5) is 8.67. The van der Waals surface area contributed by atoms with Gasteiger partial charge in [0.25, 0.3) is 0 Å². The van der Waals surface area contributed by atoms with Crippen molar-refractivity contribution >= 4 is 26.6 Å². The molecular weight excluding hydrogens is 336 g/mol. The Kier molecular flexibility index (Phi) is 4.69. The van der Waals surface area contributed by atoms with Crippen LogP contribution in [0.3, 0.4) is 0 Å². The van der Waals surface area contributed by atoms with E-state index in [1.807, 2.05) is 25.1 Å². The van der Waals surface area contributed by atoms with Crippen molar-refractivity contribution in [1.29, 1.82) is 0 Å². The third-order valence-corrected chi connectivity index (χ3v) is 5.86. The van der Waals surface area contributed by atoms with Gasteiger partial charge in [-0.25, -0.2) is 12.7 Å². The second-order valence-corrected chi connectivity index (χ2v) is 8.13. The van der Waals surface area contributed by atoms with Crippen LogP contribution in [-0.4, -0.2) is 36.8 Å². The summed E-state index contributed by atoms with van der Waals surface area (Å²) in [6.07, 6.45) is 5.17. The fourth-order valence-electron chi connectivity index (χ4n) is 2.60. The van der Waals surface area contributed by atoms with Crippen LogP contribution in [0.4, 0.5) is 5.69 Å². The fourth-order valence-corrected chi connectivity index (χ4v) is 3.55. The minimum absolute atomic E-state index is 0.0731. The third-order valence-electron chi connectivity index (χ3n) is 4.05. The van der Waals surface area contributed by atoms with Crippen LogP contribution in [0.25, 0.3) is 10.9 Å². The number of aromatic nitrogens is 2. The standard InChI is InChI=1S/C18H20N4O2S/c1-13(14-5-4-6-15(11-14)25(23,24)22(2)3)21-17-8-10-20-18-12-19-9-7-16(17)18/h4-13H,1-3H3,(H,20,21). The van der Waals surface area contributed by atoms with Gasteiger partial charge in [0.1, 0.15) is 0 Å². The van der Waals surface area contributed by atoms with E-state index in [1.54, 1.807) is 36.8 Å². The topological polar surface area (TPSA) is 75.2 Å². The Hall–Kier alpha value is -2.51. The molecule has 0 fully saturated rings. The quantitative estimate of drug-likeness (QED) is 0.760. The predicted molar refractivity (Wildman–Crippen MR) is 98.9 cm³/mol. The molecule has 0 aliphatic carbocycles. The van der Waals surface area contributed by atoms with E-state index in [9.17, 15) is 8.42 Å². The normalized spacial score (nSPS) is 13.1. The van der Waals surface area contributed by atoms with Crippen LogP contribution in [0.2, 0.25) is 0 Å². The maximum atomic E-state index is 12.3. The lowest BCUT2D eigenvalue weighted by Gasteiger charge is -2.18. The minimum Gasteiger partial charge on any atom is -0.378 e. The van der Waals surface area contributed by atoms with E-state index in [-0.39, 0.29) is 10.9 Å². The highest BCUT2D eigenvalue weighted by Gasteiger charge is 2.18. The highest BCUT2D eigenvalue weighted by molar-refractivity contribution is 7.89. The van der Waals surface area contributed by atoms with Gasteiger partial charge in [0.2, 0.25) is 10.0 Å². The van der Waals surface area contributed by atoms with Crippen molar-refractivity contribution in [3.05, 3.63) is 60.6 Å². The highest BCUT2D eigenvalue weighted by atomic mass is 32.2. The molecule has 0 saturated heterocycles. The Bertz CT molecular complexity index is 997. The second kappa shape index (κ2) is 6.78. The van der Waals surface area contributed by atoms with Crippen LogP contribution >= 0.6 is 0 Å². The molecule has 0 bridgehead atoms. The number of nitrogens with zero attached hydrogens (tertiary/aromatic N) is 3. The molecule has 3 aromatic rings. The zero-order chi connectivity index (χ0) is 18.0. The van der Waals surface area contributed by atoms with Gasteiger partial charge in [-0.2, -0.15) is 0 Å². The number of benzene rings is 1. The van der Waals surface area contributed by atoms with Gasteiger partial charge >= 0.3 is 0 Å². The molecule has 0 saturated carbocycles. The molecule has 130 valence electrons. The largest absolute Gasteiger partial charge is 0.378 e. The minimum atomic E-state index is -3.45. The predicted octanol–water partition coefficient (Wildman–Crippen LogP) is 3.05. The molecule has 0 aliphatic rings. The maximum absolute atomic E-state index is 12.3. The van der Waals surface area contributed by atoms with E-state index in [2.05, 4.69) is 15.3 Å². The summed E-state index contributed by atoms with van der Waals surface area (Å²) in [6.45, 7) is 1.99. The Morgan fingerprint density at radius 2 is 1.92 bits per heavy atom. The van der Waals surface area contributed by atoms with E-state index in [0.717, 1.165) is 22.2 Å². The number of nitrogens with one attached hydrogen (secondary N) is 1. The molecule has 7 heteroatoms. The third kappa shape index (κ3) is 3.47. The molecular formula is C18H20N4O2S. The fraction of sp³-hybridized carbons (Fsp3) is 0.222. The smallest absolute Gasteiger partial charge is 0.242 e. The molecule has 2 aromatic heterocycles. The van der Waals surface area contributed by atoms with Gasteiger partial charge in [-0.15, -0.1) is 0 Å². The van der Waals surface area contributed by atoms with Gasteiger partial charge in [-0.05, 0) is 36.8 Å². The lowest BCUT2D eigenvalue weighted by Crippen LogP contribution is -2.22. The maximum Gasteiger partial charge on any atom is 0.242 e. The first-order valence-electron chi connectivity index (χ1n) is 7.87. The highest BCUT2D eigenvalue weighted by Crippen LogP contribution is 2.26. The van der Waals surface area contributed by atoms with Crippen LogP contribution in [0, 0.1) is 0 Å². The summed E-state index contributed by atoms with van der Waals surface area (Å²) in [5.41, 5.74) is 2.63. The van der Waals surface area contributed by atoms with Crippen molar-refractivity contribution in [2.24, 2.45) is 0 Å². The molecule has 25 heavy (non-hydrogen) atoms. The van der Waals surface area contributed by atoms with Gasteiger partial charge in [-0.3, -0.25) is 9.97 Å². The summed E-state index contributed by atoms with van der Waals surface area (Å²) in [7, 11) is -0.396. The number of sulfonamides is 1. The lowest BCUT2D eigenvalue weighted by atomic mass is 10.1. The van der Waals surface area contributed by atoms with Crippen molar-refractivity contribution in [2.75, 3.05) is 19.4 Å². The number of hydrogen-bond acceptors (Lipinski definition) is 5. The summed E-state index contributed by atoms with van der Waals surface area (Å²) in [5, 5.41) is 4.41. The van der Waals surface area contributed by atoms with E-state index in [1.165, 1.54) is 18.4 Å². The number of hydrogen-bond donors (Lipinski definition) is 1. The molecule has 1 unspecified atom stereocenters. The monoisotopic (exact) mass is 356 g/mol. The Balaban J connectivity index is 1.93. The molecule has 6 nitrogen and oxygen atoms in total. The molecule has 0 amide bonds. The molecule has 1 aromatic carbocycles. The van der Waals surface area contributed by atoms with Crippen molar-refractivity contribution < 1.29 is 8.42 Å². The number of pyridine rings is 2. The molecule has 1 atom stereocenters. The molecule has 3 rings (SSSR count). The Morgan fingerprint density at radius 1 is 1.12 bits per heavy atom. The average Bonchev–Trinajstić information content (AvgIpc) is 2.62. The van der Waals surface area contributed by atoms with Gasteiger partial charge in [0, 0.05) is 43.6 Å². The Morgan fingerprint density at radius 3 is 2.68 bits per heavy atom. The van der Waals surface area contributed by atoms with E-state index in [4.69, 9.17) is 0 Å². The zero-order valence-corrected chi connectivity index (χ0v) is 15.2. The molecule has 0 radical (unpaired) electrons. The van der Waals surface area contributed by atoms with Gasteiger partial charge in [0.15, 0.2) is 0 Å². The number of anilines is 1. The summed E-state index contributed by atoms with van der Waals surface area (Å²) < 4.78 is 25.9. The van der Waals surface area contributed by atoms with Crippen molar-refractivity contribution in [2.45, 2.75) is 17.9 Å². The van der Waals surface area contributed by atoms with Crippen molar-refractivity contribution in [1.82, 2.24) is 14.3 Å². The van der Waals surface area contributed by atoms with E-state index < -0.39 is 10.0 Å². The summed E-state index contributed by atoms with van der Waals surface area (Å²) >= 11 is 0. The van der Waals surface area contributed by atoms with Crippen molar-refractivity contribution in [3.8, 4) is 0 Å². The SMILES string of the molecule is CC(Nc1ccnc2cnccc12)c1cccc(S(=O)(=O)N(C)C)c1. The van der Waals surface area contributed by atoms with Crippen LogP contribution < -0.4 is 5.32 Å². The number of fused-ring (bicyclic) bond motifs is 1. The van der Waals surface area contributed by atoms with Gasteiger partial charge < -0.3 is 5.32 Å². The zero-order valence-electron chi connectivity index (χ0n) is 14.3. The van der Waals surface area contributed by atoms with Crippen LogP contribution in [-0.2, 0) is 10.0 Å². The van der Waals surface area contributed by atoms with Gasteiger partial charge in [-0.1, -0.05) is 12.1 Å². The van der Waals surface area contributed by atoms with Crippen LogP contribution in [0.15, 0.2) is 59.9 Å². The summed E-state index contributed by atoms with van der Waals surface area (Å²) in [6, 6.07) is 10.7. The number of rotatable bonds is 5. The molecule has 0 spiro atoms. The van der Waals surface area contributed by atoms with E-state index in [0.29, 0.717) is 0 Å². The van der Waals surface area contributed by atoms with Crippen LogP contribution in [0.1, 0.15) is 18.5 Å². The first-order valence-corrected chi connectivity index (χ1v) is 9.31. The first-order chi connectivity index (χ1) is 11.9. The van der Waals surface area contributed by atoms with Crippen molar-refractivity contribution in [3.63, 3.8) is 0 Å². The summed E-state index contributed by atoms with van der Waals surface area (Å²) in [5.74, 6) is 0. The lowest BCUT2D eigenvalue weighted by molar-refractivity contribution is 0.520.